The molecule has 0 bridgehead atoms. The van der Waals surface area contributed by atoms with Crippen molar-refractivity contribution in [1.82, 2.24) is 10.4 Å². The highest BCUT2D eigenvalue weighted by molar-refractivity contribution is 4.91. The summed E-state index contributed by atoms with van der Waals surface area (Å²) in [6.45, 7) is 15.5. The normalized spacial score (nSPS) is 17.2. The first kappa shape index (κ1) is 21.8. The van der Waals surface area contributed by atoms with Crippen molar-refractivity contribution in [2.24, 2.45) is 11.3 Å². The number of aliphatic hydroxyl groups excluding tert-OH is 2. The van der Waals surface area contributed by atoms with Crippen molar-refractivity contribution in [3.05, 3.63) is 0 Å². The van der Waals surface area contributed by atoms with Crippen LogP contribution in [0.3, 0.4) is 0 Å². The minimum atomic E-state index is -1.06. The molecule has 0 fully saturated rings. The fraction of sp³-hybridized carbons (Fsp3) is 1.00. The molecule has 134 valence electrons. The third-order valence-electron chi connectivity index (χ3n) is 4.04. The van der Waals surface area contributed by atoms with Crippen LogP contribution in [0.15, 0.2) is 0 Å². The second kappa shape index (κ2) is 7.58. The van der Waals surface area contributed by atoms with Crippen molar-refractivity contribution < 1.29 is 15.3 Å². The molecule has 0 saturated heterocycles. The number of hydrogen-bond donors (Lipinski definition) is 4. The van der Waals surface area contributed by atoms with Gasteiger partial charge in [-0.3, -0.25) is 5.43 Å². The average Bonchev–Trinajstić information content (AvgIpc) is 2.22. The average molecular weight is 319 g/mol. The van der Waals surface area contributed by atoms with Crippen LogP contribution in [-0.4, -0.2) is 50.8 Å². The van der Waals surface area contributed by atoms with E-state index in [4.69, 9.17) is 0 Å². The maximum Gasteiger partial charge on any atom is 0.146 e. The van der Waals surface area contributed by atoms with E-state index in [9.17, 15) is 15.3 Å². The summed E-state index contributed by atoms with van der Waals surface area (Å²) < 4.78 is 0. The Morgan fingerprint density at radius 3 is 1.77 bits per heavy atom. The van der Waals surface area contributed by atoms with Crippen LogP contribution >= 0.6 is 0 Å². The molecule has 0 radical (unpaired) electrons. The van der Waals surface area contributed by atoms with E-state index in [0.717, 1.165) is 6.42 Å². The van der Waals surface area contributed by atoms with E-state index in [1.165, 1.54) is 0 Å². The molecule has 0 aliphatic carbocycles. The lowest BCUT2D eigenvalue weighted by atomic mass is 9.77. The van der Waals surface area contributed by atoms with E-state index in [2.05, 4.69) is 19.3 Å². The van der Waals surface area contributed by atoms with Gasteiger partial charge in [-0.1, -0.05) is 27.7 Å². The molecule has 5 heteroatoms. The number of hydrogen-bond acceptors (Lipinski definition) is 5. The molecule has 22 heavy (non-hydrogen) atoms. The predicted molar refractivity (Wildman–Crippen MR) is 91.1 cm³/mol. The second-order valence-corrected chi connectivity index (χ2v) is 8.84. The molecule has 5 nitrogen and oxygen atoms in total. The molecule has 0 amide bonds. The van der Waals surface area contributed by atoms with Crippen LogP contribution in [0.2, 0.25) is 0 Å². The summed E-state index contributed by atoms with van der Waals surface area (Å²) in [6, 6.07) is 0. The minimum absolute atomic E-state index is 0.409. The lowest BCUT2D eigenvalue weighted by Gasteiger charge is -2.47. The van der Waals surface area contributed by atoms with Gasteiger partial charge in [0.25, 0.3) is 0 Å². The number of nitrogens with one attached hydrogen (secondary N) is 1. The highest BCUT2D eigenvalue weighted by Crippen LogP contribution is 2.34. The Bertz CT molecular complexity index is 335. The molecule has 0 saturated carbocycles. The SMILES string of the molecule is CNN(C(O)C(O)C(C)(C)CC(C)C)C(C)(C)CC(C)(C)O. The molecular formula is C17H38N2O3. The van der Waals surface area contributed by atoms with Crippen molar-refractivity contribution in [1.29, 1.82) is 0 Å². The van der Waals surface area contributed by atoms with Gasteiger partial charge in [-0.25, -0.2) is 5.01 Å². The van der Waals surface area contributed by atoms with Crippen molar-refractivity contribution in [3.63, 3.8) is 0 Å². The third kappa shape index (κ3) is 6.50. The first-order valence-electron chi connectivity index (χ1n) is 8.19. The molecule has 0 aromatic heterocycles. The fourth-order valence-corrected chi connectivity index (χ4v) is 3.65. The molecule has 0 spiro atoms. The Kier molecular flexibility index (Phi) is 7.51. The largest absolute Gasteiger partial charge is 0.390 e. The standard InChI is InChI=1S/C17H38N2O3/c1-12(2)10-15(3,4)13(20)14(21)19(18-9)16(5,6)11-17(7,8)22/h12-14,18,20-22H,10-11H2,1-9H3. The van der Waals surface area contributed by atoms with Crippen molar-refractivity contribution in [3.8, 4) is 0 Å². The summed E-state index contributed by atoms with van der Waals surface area (Å²) in [6.07, 6.45) is -0.691. The van der Waals surface area contributed by atoms with Crippen LogP contribution in [0.5, 0.6) is 0 Å². The maximum absolute atomic E-state index is 10.7. The van der Waals surface area contributed by atoms with Crippen molar-refractivity contribution in [2.75, 3.05) is 7.05 Å². The van der Waals surface area contributed by atoms with Crippen LogP contribution in [0.25, 0.3) is 0 Å². The minimum Gasteiger partial charge on any atom is -0.390 e. The predicted octanol–water partition coefficient (Wildman–Crippen LogP) is 2.11. The monoisotopic (exact) mass is 318 g/mol. The molecule has 0 aliphatic rings. The van der Waals surface area contributed by atoms with Gasteiger partial charge in [0.2, 0.25) is 0 Å². The lowest BCUT2D eigenvalue weighted by Crippen LogP contribution is -2.63. The van der Waals surface area contributed by atoms with E-state index in [1.807, 2.05) is 27.7 Å². The smallest absolute Gasteiger partial charge is 0.146 e. The van der Waals surface area contributed by atoms with E-state index in [0.29, 0.717) is 12.3 Å². The molecule has 2 atom stereocenters. The molecule has 4 N–H and O–H groups in total. The van der Waals surface area contributed by atoms with Gasteiger partial charge in [-0.2, -0.15) is 0 Å². The topological polar surface area (TPSA) is 76.0 Å². The summed E-state index contributed by atoms with van der Waals surface area (Å²) in [5, 5.41) is 33.1. The van der Waals surface area contributed by atoms with Crippen LogP contribution in [0.1, 0.15) is 68.2 Å². The Morgan fingerprint density at radius 2 is 1.45 bits per heavy atom. The van der Waals surface area contributed by atoms with E-state index in [1.54, 1.807) is 25.9 Å². The Hall–Kier alpha value is -0.200. The summed E-state index contributed by atoms with van der Waals surface area (Å²) in [7, 11) is 1.72. The third-order valence-corrected chi connectivity index (χ3v) is 4.04. The Balaban J connectivity index is 5.23. The van der Waals surface area contributed by atoms with Gasteiger partial charge < -0.3 is 15.3 Å². The Morgan fingerprint density at radius 1 is 1.00 bits per heavy atom. The van der Waals surface area contributed by atoms with Gasteiger partial charge in [0, 0.05) is 5.54 Å². The van der Waals surface area contributed by atoms with E-state index < -0.39 is 28.9 Å². The van der Waals surface area contributed by atoms with Crippen molar-refractivity contribution >= 4 is 0 Å². The number of aliphatic hydroxyl groups is 3. The quantitative estimate of drug-likeness (QED) is 0.387. The van der Waals surface area contributed by atoms with E-state index >= 15 is 0 Å². The van der Waals surface area contributed by atoms with Gasteiger partial charge >= 0.3 is 0 Å². The fourth-order valence-electron chi connectivity index (χ4n) is 3.65. The zero-order valence-corrected chi connectivity index (χ0v) is 15.9. The Labute approximate surface area is 136 Å². The molecule has 0 aliphatic heterocycles. The number of nitrogens with zero attached hydrogens (tertiary/aromatic N) is 1. The van der Waals surface area contributed by atoms with Gasteiger partial charge in [0.05, 0.1) is 11.7 Å². The summed E-state index contributed by atoms with van der Waals surface area (Å²) in [5.41, 5.74) is 1.18. The first-order chi connectivity index (χ1) is 9.64. The molecule has 0 aromatic carbocycles. The summed E-state index contributed by atoms with van der Waals surface area (Å²) >= 11 is 0. The summed E-state index contributed by atoms with van der Waals surface area (Å²) in [5.74, 6) is 0.435. The molecule has 0 aromatic rings. The second-order valence-electron chi connectivity index (χ2n) is 8.84. The van der Waals surface area contributed by atoms with E-state index in [-0.39, 0.29) is 0 Å². The molecular weight excluding hydrogens is 280 g/mol. The highest BCUT2D eigenvalue weighted by Gasteiger charge is 2.42. The van der Waals surface area contributed by atoms with Crippen LogP contribution in [0.4, 0.5) is 0 Å². The zero-order valence-electron chi connectivity index (χ0n) is 15.9. The maximum atomic E-state index is 10.7. The lowest BCUT2D eigenvalue weighted by molar-refractivity contribution is -0.182. The highest BCUT2D eigenvalue weighted by atomic mass is 16.4. The molecule has 0 rings (SSSR count). The van der Waals surface area contributed by atoms with Crippen molar-refractivity contribution in [2.45, 2.75) is 91.7 Å². The van der Waals surface area contributed by atoms with Gasteiger partial charge in [0.1, 0.15) is 6.23 Å². The van der Waals surface area contributed by atoms with Gasteiger partial charge in [-0.15, -0.1) is 0 Å². The molecule has 0 heterocycles. The zero-order chi connectivity index (χ0) is 17.9. The van der Waals surface area contributed by atoms with Gasteiger partial charge in [0.15, 0.2) is 0 Å². The van der Waals surface area contributed by atoms with Crippen LogP contribution in [0, 0.1) is 11.3 Å². The first-order valence-corrected chi connectivity index (χ1v) is 8.19. The number of rotatable bonds is 9. The van der Waals surface area contributed by atoms with Crippen LogP contribution in [-0.2, 0) is 0 Å². The number of hydrazine groups is 1. The molecule has 2 unspecified atom stereocenters. The van der Waals surface area contributed by atoms with Gasteiger partial charge in [-0.05, 0) is 58.9 Å². The summed E-state index contributed by atoms with van der Waals surface area (Å²) in [4.78, 5) is 0. The van der Waals surface area contributed by atoms with Crippen LogP contribution < -0.4 is 5.43 Å².